The van der Waals surface area contributed by atoms with E-state index in [-0.39, 0.29) is 29.7 Å². The van der Waals surface area contributed by atoms with Crippen LogP contribution in [0.1, 0.15) is 17.5 Å². The molecule has 2 aromatic rings. The number of benzene rings is 2. The lowest BCUT2D eigenvalue weighted by Crippen LogP contribution is -2.44. The van der Waals surface area contributed by atoms with Gasteiger partial charge < -0.3 is 19.7 Å². The predicted octanol–water partition coefficient (Wildman–Crippen LogP) is 3.12. The number of nitrogens with one attached hydrogen (secondary N) is 1. The van der Waals surface area contributed by atoms with E-state index in [4.69, 9.17) is 9.47 Å². The molecule has 0 saturated carbocycles. The number of methoxy groups -OCH3 is 2. The quantitative estimate of drug-likeness (QED) is 0.243. The largest absolute Gasteiger partial charge is 0.493 e. The van der Waals surface area contributed by atoms with Crippen molar-refractivity contribution in [1.82, 2.24) is 10.2 Å². The summed E-state index contributed by atoms with van der Waals surface area (Å²) in [6.45, 7) is 2.07. The molecule has 2 aromatic carbocycles. The van der Waals surface area contributed by atoms with Crippen molar-refractivity contribution < 1.29 is 17.9 Å². The number of hydrogen-bond acceptors (Lipinski definition) is 5. The molecule has 170 valence electrons. The van der Waals surface area contributed by atoms with Crippen LogP contribution in [0.5, 0.6) is 11.5 Å². The van der Waals surface area contributed by atoms with Crippen molar-refractivity contribution in [3.05, 3.63) is 53.6 Å². The van der Waals surface area contributed by atoms with Gasteiger partial charge in [-0.2, -0.15) is 0 Å². The molecular weight excluding hydrogens is 529 g/mol. The molecule has 0 unspecified atom stereocenters. The minimum Gasteiger partial charge on any atom is -0.493 e. The first-order valence-electron chi connectivity index (χ1n) is 9.95. The van der Waals surface area contributed by atoms with E-state index in [9.17, 15) is 8.42 Å². The number of fused-ring (bicyclic) bond motifs is 1. The van der Waals surface area contributed by atoms with Crippen LogP contribution in [-0.2, 0) is 22.8 Å². The summed E-state index contributed by atoms with van der Waals surface area (Å²) >= 11 is 0. The number of halogens is 1. The molecule has 7 nitrogen and oxygen atoms in total. The van der Waals surface area contributed by atoms with Crippen molar-refractivity contribution in [1.29, 1.82) is 0 Å². The molecule has 0 fully saturated rings. The molecular formula is C22H30IN3O4S. The van der Waals surface area contributed by atoms with Gasteiger partial charge in [0.15, 0.2) is 27.3 Å². The second kappa shape index (κ2) is 11.6. The van der Waals surface area contributed by atoms with E-state index in [0.717, 1.165) is 24.7 Å². The third-order valence-corrected chi connectivity index (χ3v) is 7.02. The molecule has 0 radical (unpaired) electrons. The fourth-order valence-corrected chi connectivity index (χ4v) is 4.94. The number of aliphatic imine (C=N–C) groups is 1. The van der Waals surface area contributed by atoms with Crippen molar-refractivity contribution in [3.8, 4) is 11.5 Å². The summed E-state index contributed by atoms with van der Waals surface area (Å²) in [5.41, 5.74) is 2.42. The second-order valence-electron chi connectivity index (χ2n) is 7.11. The summed E-state index contributed by atoms with van der Waals surface area (Å²) in [5.74, 6) is 2.33. The Morgan fingerprint density at radius 2 is 1.74 bits per heavy atom. The van der Waals surface area contributed by atoms with Gasteiger partial charge in [0.1, 0.15) is 0 Å². The Morgan fingerprint density at radius 1 is 1.10 bits per heavy atom. The molecule has 0 amide bonds. The zero-order valence-corrected chi connectivity index (χ0v) is 21.3. The molecule has 1 N–H and O–H groups in total. The van der Waals surface area contributed by atoms with Crippen molar-refractivity contribution in [2.45, 2.75) is 24.3 Å². The number of ether oxygens (including phenoxy) is 2. The Bertz CT molecular complexity index is 997. The number of hydrogen-bond donors (Lipinski definition) is 1. The lowest BCUT2D eigenvalue weighted by atomic mass is 9.99. The van der Waals surface area contributed by atoms with Gasteiger partial charge in [-0.05, 0) is 48.2 Å². The Kier molecular flexibility index (Phi) is 9.42. The molecule has 9 heteroatoms. The standard InChI is InChI=1S/C22H29N3O4S.HI/c1-23-22(24-11-7-13-30(26,27)19-8-5-4-6-9-19)25-12-10-17-14-20(28-2)21(29-3)15-18(17)16-25;/h4-6,8-9,14-15H,7,10-13,16H2,1-3H3,(H,23,24);1H. The minimum atomic E-state index is -3.26. The van der Waals surface area contributed by atoms with Crippen LogP contribution in [0.25, 0.3) is 0 Å². The molecule has 1 aliphatic rings. The Morgan fingerprint density at radius 3 is 2.35 bits per heavy atom. The van der Waals surface area contributed by atoms with Crippen molar-refractivity contribution in [2.75, 3.05) is 40.1 Å². The van der Waals surface area contributed by atoms with E-state index < -0.39 is 9.84 Å². The van der Waals surface area contributed by atoms with E-state index in [1.54, 1.807) is 45.5 Å². The van der Waals surface area contributed by atoms with Gasteiger partial charge in [-0.3, -0.25) is 4.99 Å². The molecule has 0 bridgehead atoms. The van der Waals surface area contributed by atoms with E-state index in [1.165, 1.54) is 11.1 Å². The fraction of sp³-hybridized carbons (Fsp3) is 0.409. The van der Waals surface area contributed by atoms with Crippen LogP contribution in [0, 0.1) is 0 Å². The summed E-state index contributed by atoms with van der Waals surface area (Å²) < 4.78 is 35.6. The summed E-state index contributed by atoms with van der Waals surface area (Å²) in [6.07, 6.45) is 1.38. The highest BCUT2D eigenvalue weighted by atomic mass is 127. The second-order valence-corrected chi connectivity index (χ2v) is 9.22. The van der Waals surface area contributed by atoms with Gasteiger partial charge in [0.2, 0.25) is 0 Å². The SMILES string of the molecule is CN=C(NCCCS(=O)(=O)c1ccccc1)N1CCc2cc(OC)c(OC)cc2C1.I. The van der Waals surface area contributed by atoms with Gasteiger partial charge in [-0.15, -0.1) is 24.0 Å². The zero-order valence-electron chi connectivity index (χ0n) is 18.1. The summed E-state index contributed by atoms with van der Waals surface area (Å²) in [4.78, 5) is 6.91. The fourth-order valence-electron chi connectivity index (χ4n) is 3.60. The van der Waals surface area contributed by atoms with Crippen molar-refractivity contribution >= 4 is 39.8 Å². The normalized spacial score (nSPS) is 13.8. The highest BCUT2D eigenvalue weighted by Crippen LogP contribution is 2.33. The number of sulfone groups is 1. The summed E-state index contributed by atoms with van der Waals surface area (Å²) in [6, 6.07) is 12.6. The number of nitrogens with zero attached hydrogens (tertiary/aromatic N) is 2. The summed E-state index contributed by atoms with van der Waals surface area (Å²) in [5, 5.41) is 3.30. The van der Waals surface area contributed by atoms with E-state index in [2.05, 4.69) is 15.2 Å². The maximum Gasteiger partial charge on any atom is 0.193 e. The van der Waals surface area contributed by atoms with Gasteiger partial charge in [0.05, 0.1) is 24.9 Å². The van der Waals surface area contributed by atoms with Crippen LogP contribution < -0.4 is 14.8 Å². The third-order valence-electron chi connectivity index (χ3n) is 5.20. The van der Waals surface area contributed by atoms with Crippen LogP contribution in [-0.4, -0.2) is 59.4 Å². The van der Waals surface area contributed by atoms with Crippen LogP contribution >= 0.6 is 24.0 Å². The van der Waals surface area contributed by atoms with Crippen LogP contribution in [0.2, 0.25) is 0 Å². The first kappa shape index (κ1) is 25.3. The van der Waals surface area contributed by atoms with Crippen molar-refractivity contribution in [3.63, 3.8) is 0 Å². The van der Waals surface area contributed by atoms with Crippen LogP contribution in [0.3, 0.4) is 0 Å². The smallest absolute Gasteiger partial charge is 0.193 e. The Balaban J connectivity index is 0.00000341. The van der Waals surface area contributed by atoms with Gasteiger partial charge in [0, 0.05) is 26.7 Å². The van der Waals surface area contributed by atoms with Crippen molar-refractivity contribution in [2.24, 2.45) is 4.99 Å². The summed E-state index contributed by atoms with van der Waals surface area (Å²) in [7, 11) is 1.76. The van der Waals surface area contributed by atoms with Gasteiger partial charge in [-0.25, -0.2) is 8.42 Å². The van der Waals surface area contributed by atoms with Gasteiger partial charge in [-0.1, -0.05) is 18.2 Å². The average Bonchev–Trinajstić information content (AvgIpc) is 2.78. The molecule has 0 aliphatic carbocycles. The first-order valence-corrected chi connectivity index (χ1v) is 11.6. The topological polar surface area (TPSA) is 80.2 Å². The number of rotatable bonds is 7. The molecule has 1 heterocycles. The monoisotopic (exact) mass is 559 g/mol. The Labute approximate surface area is 201 Å². The van der Waals surface area contributed by atoms with Crippen LogP contribution in [0.4, 0.5) is 0 Å². The minimum absolute atomic E-state index is 0. The lowest BCUT2D eigenvalue weighted by molar-refractivity contribution is 0.346. The van der Waals surface area contributed by atoms with Crippen LogP contribution in [0.15, 0.2) is 52.4 Å². The first-order chi connectivity index (χ1) is 14.5. The number of guanidine groups is 1. The molecule has 0 saturated heterocycles. The van der Waals surface area contributed by atoms with E-state index >= 15 is 0 Å². The molecule has 0 aromatic heterocycles. The maximum atomic E-state index is 12.4. The zero-order chi connectivity index (χ0) is 21.6. The molecule has 0 spiro atoms. The highest BCUT2D eigenvalue weighted by molar-refractivity contribution is 14.0. The van der Waals surface area contributed by atoms with E-state index in [1.807, 2.05) is 18.2 Å². The molecule has 1 aliphatic heterocycles. The molecule has 31 heavy (non-hydrogen) atoms. The average molecular weight is 559 g/mol. The predicted molar refractivity (Wildman–Crippen MR) is 134 cm³/mol. The van der Waals surface area contributed by atoms with E-state index in [0.29, 0.717) is 30.2 Å². The highest BCUT2D eigenvalue weighted by Gasteiger charge is 2.22. The third kappa shape index (κ3) is 6.25. The Hall–Kier alpha value is -2.01. The molecule has 0 atom stereocenters. The molecule has 3 rings (SSSR count). The lowest BCUT2D eigenvalue weighted by Gasteiger charge is -2.32. The maximum absolute atomic E-state index is 12.4. The van der Waals surface area contributed by atoms with Gasteiger partial charge in [0.25, 0.3) is 0 Å². The van der Waals surface area contributed by atoms with Gasteiger partial charge >= 0.3 is 0 Å².